The summed E-state index contributed by atoms with van der Waals surface area (Å²) in [5.74, 6) is 2.36. The lowest BCUT2D eigenvalue weighted by molar-refractivity contribution is -0.123. The Morgan fingerprint density at radius 2 is 2.12 bits per heavy atom. The largest absolute Gasteiger partial charge is 0.484 e. The van der Waals surface area contributed by atoms with Gasteiger partial charge in [-0.3, -0.25) is 4.79 Å². The molecule has 2 aromatic rings. The lowest BCUT2D eigenvalue weighted by atomic mass is 10.1. The molecule has 0 saturated carbocycles. The van der Waals surface area contributed by atoms with Crippen LogP contribution in [0.5, 0.6) is 5.75 Å². The minimum atomic E-state index is -0.0997. The van der Waals surface area contributed by atoms with Crippen molar-refractivity contribution in [3.63, 3.8) is 0 Å². The van der Waals surface area contributed by atoms with Crippen molar-refractivity contribution in [1.82, 2.24) is 15.3 Å². The summed E-state index contributed by atoms with van der Waals surface area (Å²) >= 11 is 0. The van der Waals surface area contributed by atoms with Gasteiger partial charge in [-0.15, -0.1) is 0 Å². The van der Waals surface area contributed by atoms with Gasteiger partial charge in [0.1, 0.15) is 23.7 Å². The first-order chi connectivity index (χ1) is 12.6. The van der Waals surface area contributed by atoms with Crippen LogP contribution in [0.25, 0.3) is 0 Å². The highest BCUT2D eigenvalue weighted by Gasteiger charge is 2.23. The number of rotatable bonds is 6. The molecule has 1 amide bonds. The van der Waals surface area contributed by atoms with Crippen LogP contribution in [0.15, 0.2) is 42.7 Å². The standard InChI is InChI=1S/C19H25N5O2/c1-23(2)17-11-18(21-14-20-17)24-10-6-7-15(12-24)22-19(25)13-26-16-8-4-3-5-9-16/h3-5,8-9,11,14-15H,6-7,10,12-13H2,1-2H3,(H,22,25)/t15-/m0/s1. The third-order valence-corrected chi connectivity index (χ3v) is 4.32. The van der Waals surface area contributed by atoms with Crippen LogP contribution in [0, 0.1) is 0 Å². The van der Waals surface area contributed by atoms with Gasteiger partial charge in [0.2, 0.25) is 0 Å². The van der Waals surface area contributed by atoms with Gasteiger partial charge in [-0.25, -0.2) is 9.97 Å². The zero-order chi connectivity index (χ0) is 18.4. The Hall–Kier alpha value is -2.83. The molecular weight excluding hydrogens is 330 g/mol. The van der Waals surface area contributed by atoms with E-state index in [1.807, 2.05) is 55.4 Å². The van der Waals surface area contributed by atoms with E-state index in [1.165, 1.54) is 0 Å². The Balaban J connectivity index is 1.53. The Bertz CT molecular complexity index is 723. The minimum Gasteiger partial charge on any atom is -0.484 e. The van der Waals surface area contributed by atoms with Gasteiger partial charge >= 0.3 is 0 Å². The van der Waals surface area contributed by atoms with Crippen LogP contribution in [-0.4, -0.2) is 55.7 Å². The summed E-state index contributed by atoms with van der Waals surface area (Å²) in [5, 5.41) is 3.07. The Labute approximate surface area is 154 Å². The van der Waals surface area contributed by atoms with Gasteiger partial charge in [0.25, 0.3) is 5.91 Å². The molecule has 2 heterocycles. The molecule has 138 valence electrons. The second kappa shape index (κ2) is 8.51. The molecule has 1 atom stereocenters. The van der Waals surface area contributed by atoms with Gasteiger partial charge in [0.05, 0.1) is 0 Å². The van der Waals surface area contributed by atoms with Crippen LogP contribution in [0.3, 0.4) is 0 Å². The van der Waals surface area contributed by atoms with E-state index >= 15 is 0 Å². The molecule has 1 saturated heterocycles. The maximum absolute atomic E-state index is 12.2. The fourth-order valence-electron chi connectivity index (χ4n) is 2.99. The second-order valence-electron chi connectivity index (χ2n) is 6.58. The number of hydrogen-bond acceptors (Lipinski definition) is 6. The number of carbonyl (C=O) groups excluding carboxylic acids is 1. The van der Waals surface area contributed by atoms with E-state index in [0.717, 1.165) is 37.6 Å². The Morgan fingerprint density at radius 3 is 2.88 bits per heavy atom. The highest BCUT2D eigenvalue weighted by Crippen LogP contribution is 2.20. The summed E-state index contributed by atoms with van der Waals surface area (Å²) < 4.78 is 5.51. The predicted octanol–water partition coefficient (Wildman–Crippen LogP) is 1.71. The summed E-state index contributed by atoms with van der Waals surface area (Å²) in [7, 11) is 3.91. The average molecular weight is 355 g/mol. The lowest BCUT2D eigenvalue weighted by Gasteiger charge is -2.34. The maximum atomic E-state index is 12.2. The molecule has 1 aliphatic rings. The number of nitrogens with one attached hydrogen (secondary N) is 1. The summed E-state index contributed by atoms with van der Waals surface area (Å²) in [6.07, 6.45) is 3.55. The lowest BCUT2D eigenvalue weighted by Crippen LogP contribution is -2.49. The monoisotopic (exact) mass is 355 g/mol. The normalized spacial score (nSPS) is 16.8. The van der Waals surface area contributed by atoms with Gasteiger partial charge in [0.15, 0.2) is 6.61 Å². The number of carbonyl (C=O) groups is 1. The van der Waals surface area contributed by atoms with Gasteiger partial charge in [0, 0.05) is 39.3 Å². The van der Waals surface area contributed by atoms with Crippen molar-refractivity contribution in [3.8, 4) is 5.75 Å². The molecule has 1 aromatic carbocycles. The summed E-state index contributed by atoms with van der Waals surface area (Å²) in [4.78, 5) is 25.0. The molecule has 1 aromatic heterocycles. The van der Waals surface area contributed by atoms with E-state index in [9.17, 15) is 4.79 Å². The molecule has 7 nitrogen and oxygen atoms in total. The number of nitrogens with zero attached hydrogens (tertiary/aromatic N) is 4. The van der Waals surface area contributed by atoms with Crippen molar-refractivity contribution < 1.29 is 9.53 Å². The second-order valence-corrected chi connectivity index (χ2v) is 6.58. The van der Waals surface area contributed by atoms with Crippen LogP contribution in [-0.2, 0) is 4.79 Å². The fourth-order valence-corrected chi connectivity index (χ4v) is 2.99. The van der Waals surface area contributed by atoms with Gasteiger partial charge in [-0.1, -0.05) is 18.2 Å². The highest BCUT2D eigenvalue weighted by molar-refractivity contribution is 5.78. The SMILES string of the molecule is CN(C)c1cc(N2CCC[C@H](NC(=O)COc3ccccc3)C2)ncn1. The first kappa shape index (κ1) is 18.0. The van der Waals surface area contributed by atoms with Crippen LogP contribution >= 0.6 is 0 Å². The quantitative estimate of drug-likeness (QED) is 0.851. The average Bonchev–Trinajstić information content (AvgIpc) is 2.67. The molecule has 0 aliphatic carbocycles. The maximum Gasteiger partial charge on any atom is 0.258 e. The van der Waals surface area contributed by atoms with E-state index < -0.39 is 0 Å². The van der Waals surface area contributed by atoms with Crippen molar-refractivity contribution in [1.29, 1.82) is 0 Å². The topological polar surface area (TPSA) is 70.6 Å². The summed E-state index contributed by atoms with van der Waals surface area (Å²) in [6.45, 7) is 1.69. The number of amides is 1. The molecule has 0 bridgehead atoms. The van der Waals surface area contributed by atoms with Crippen molar-refractivity contribution in [2.24, 2.45) is 0 Å². The number of aromatic nitrogens is 2. The molecule has 3 rings (SSSR count). The van der Waals surface area contributed by atoms with E-state index in [1.54, 1.807) is 6.33 Å². The van der Waals surface area contributed by atoms with Gasteiger partial charge < -0.3 is 19.9 Å². The fraction of sp³-hybridized carbons (Fsp3) is 0.421. The van der Waals surface area contributed by atoms with Crippen LogP contribution in [0.4, 0.5) is 11.6 Å². The molecule has 0 spiro atoms. The van der Waals surface area contributed by atoms with E-state index in [-0.39, 0.29) is 18.6 Å². The number of piperidine rings is 1. The zero-order valence-electron chi connectivity index (χ0n) is 15.3. The molecule has 0 radical (unpaired) electrons. The molecule has 0 unspecified atom stereocenters. The van der Waals surface area contributed by atoms with Crippen LogP contribution in [0.1, 0.15) is 12.8 Å². The number of anilines is 2. The first-order valence-corrected chi connectivity index (χ1v) is 8.83. The number of benzene rings is 1. The third-order valence-electron chi connectivity index (χ3n) is 4.32. The van der Waals surface area contributed by atoms with Crippen molar-refractivity contribution in [3.05, 3.63) is 42.7 Å². The summed E-state index contributed by atoms with van der Waals surface area (Å²) in [6, 6.07) is 11.4. The first-order valence-electron chi connectivity index (χ1n) is 8.83. The van der Waals surface area contributed by atoms with Crippen molar-refractivity contribution in [2.75, 3.05) is 43.6 Å². The van der Waals surface area contributed by atoms with Gasteiger partial charge in [-0.05, 0) is 25.0 Å². The van der Waals surface area contributed by atoms with Crippen molar-refractivity contribution in [2.45, 2.75) is 18.9 Å². The van der Waals surface area contributed by atoms with Crippen LogP contribution in [0.2, 0.25) is 0 Å². The minimum absolute atomic E-state index is 0.0266. The zero-order valence-corrected chi connectivity index (χ0v) is 15.3. The van der Waals surface area contributed by atoms with E-state index in [4.69, 9.17) is 4.74 Å². The smallest absolute Gasteiger partial charge is 0.258 e. The molecule has 1 aliphatic heterocycles. The number of hydrogen-bond donors (Lipinski definition) is 1. The molecule has 1 N–H and O–H groups in total. The number of para-hydroxylation sites is 1. The molecule has 26 heavy (non-hydrogen) atoms. The van der Waals surface area contributed by atoms with E-state index in [0.29, 0.717) is 5.75 Å². The number of ether oxygens (including phenoxy) is 1. The molecule has 7 heteroatoms. The summed E-state index contributed by atoms with van der Waals surface area (Å²) in [5.41, 5.74) is 0. The van der Waals surface area contributed by atoms with Crippen LogP contribution < -0.4 is 19.9 Å². The Morgan fingerprint density at radius 1 is 1.31 bits per heavy atom. The molecular formula is C19H25N5O2. The predicted molar refractivity (Wildman–Crippen MR) is 102 cm³/mol. The third kappa shape index (κ3) is 4.84. The van der Waals surface area contributed by atoms with Gasteiger partial charge in [-0.2, -0.15) is 0 Å². The molecule has 1 fully saturated rings. The van der Waals surface area contributed by atoms with E-state index in [2.05, 4.69) is 20.2 Å². The Kier molecular flexibility index (Phi) is 5.88. The highest BCUT2D eigenvalue weighted by atomic mass is 16.5. The van der Waals surface area contributed by atoms with Crippen molar-refractivity contribution >= 4 is 17.5 Å².